The molecule has 1 amide bonds. The molecule has 0 radical (unpaired) electrons. The lowest BCUT2D eigenvalue weighted by atomic mass is 10.2. The number of hydrogen-bond donors (Lipinski definition) is 1. The first-order valence-electron chi connectivity index (χ1n) is 4.70. The second-order valence-electron chi connectivity index (χ2n) is 3.76. The van der Waals surface area contributed by atoms with Gasteiger partial charge in [0.25, 0.3) is 5.91 Å². The van der Waals surface area contributed by atoms with Crippen molar-refractivity contribution in [1.82, 2.24) is 10.3 Å². The van der Waals surface area contributed by atoms with E-state index in [9.17, 15) is 13.6 Å². The maximum Gasteiger partial charge on any atom is 0.254 e. The summed E-state index contributed by atoms with van der Waals surface area (Å²) in [5.74, 6) is -2.60. The van der Waals surface area contributed by atoms with E-state index in [0.717, 1.165) is 12.6 Å². The standard InChI is InChI=1S/C10H10F2N2O/c1-5-4-7(5)14-10(15)6-2-3-13-9(12)8(6)11/h2-3,5,7H,4H2,1H3,(H,14,15). The Morgan fingerprint density at radius 2 is 2.27 bits per heavy atom. The van der Waals surface area contributed by atoms with Gasteiger partial charge in [0.05, 0.1) is 5.56 Å². The number of pyridine rings is 1. The number of carbonyl (C=O) groups excluding carboxylic acids is 1. The molecule has 0 aliphatic heterocycles. The van der Waals surface area contributed by atoms with Gasteiger partial charge in [-0.25, -0.2) is 9.37 Å². The van der Waals surface area contributed by atoms with Crippen LogP contribution in [0.2, 0.25) is 0 Å². The molecule has 3 nitrogen and oxygen atoms in total. The van der Waals surface area contributed by atoms with Gasteiger partial charge in [-0.05, 0) is 18.4 Å². The molecule has 1 heterocycles. The second-order valence-corrected chi connectivity index (χ2v) is 3.76. The highest BCUT2D eigenvalue weighted by atomic mass is 19.2. The molecule has 1 aliphatic carbocycles. The smallest absolute Gasteiger partial charge is 0.254 e. The fourth-order valence-corrected chi connectivity index (χ4v) is 1.36. The van der Waals surface area contributed by atoms with Crippen LogP contribution in [-0.2, 0) is 0 Å². The summed E-state index contributed by atoms with van der Waals surface area (Å²) in [5, 5.41) is 2.61. The van der Waals surface area contributed by atoms with Gasteiger partial charge >= 0.3 is 0 Å². The van der Waals surface area contributed by atoms with Crippen LogP contribution < -0.4 is 5.32 Å². The van der Waals surface area contributed by atoms with Gasteiger partial charge in [0.2, 0.25) is 5.95 Å². The van der Waals surface area contributed by atoms with Crippen molar-refractivity contribution >= 4 is 5.91 Å². The first kappa shape index (κ1) is 10.0. The highest BCUT2D eigenvalue weighted by Gasteiger charge is 2.34. The average molecular weight is 212 g/mol. The van der Waals surface area contributed by atoms with E-state index in [1.165, 1.54) is 6.07 Å². The summed E-state index contributed by atoms with van der Waals surface area (Å²) in [7, 11) is 0. The molecular formula is C10H10F2N2O. The third kappa shape index (κ3) is 1.95. The van der Waals surface area contributed by atoms with Crippen LogP contribution in [-0.4, -0.2) is 16.9 Å². The van der Waals surface area contributed by atoms with Crippen molar-refractivity contribution in [2.75, 3.05) is 0 Å². The van der Waals surface area contributed by atoms with Gasteiger partial charge in [-0.1, -0.05) is 6.92 Å². The Morgan fingerprint density at radius 1 is 1.60 bits per heavy atom. The van der Waals surface area contributed by atoms with Crippen LogP contribution >= 0.6 is 0 Å². The fourth-order valence-electron chi connectivity index (χ4n) is 1.36. The van der Waals surface area contributed by atoms with Crippen molar-refractivity contribution in [3.8, 4) is 0 Å². The first-order valence-corrected chi connectivity index (χ1v) is 4.70. The highest BCUT2D eigenvalue weighted by molar-refractivity contribution is 5.94. The third-order valence-corrected chi connectivity index (χ3v) is 2.52. The molecule has 1 fully saturated rings. The minimum atomic E-state index is -1.24. The molecule has 2 rings (SSSR count). The lowest BCUT2D eigenvalue weighted by Crippen LogP contribution is -2.27. The molecule has 80 valence electrons. The minimum Gasteiger partial charge on any atom is -0.349 e. The number of rotatable bonds is 2. The quantitative estimate of drug-likeness (QED) is 0.755. The van der Waals surface area contributed by atoms with Crippen LogP contribution in [0.4, 0.5) is 8.78 Å². The summed E-state index contributed by atoms with van der Waals surface area (Å²) in [6.45, 7) is 1.98. The Balaban J connectivity index is 2.14. The largest absolute Gasteiger partial charge is 0.349 e. The van der Waals surface area contributed by atoms with E-state index in [1.54, 1.807) is 0 Å². The van der Waals surface area contributed by atoms with Gasteiger partial charge in [0, 0.05) is 12.2 Å². The molecule has 1 aromatic heterocycles. The van der Waals surface area contributed by atoms with Gasteiger partial charge in [0.15, 0.2) is 5.82 Å². The van der Waals surface area contributed by atoms with Crippen molar-refractivity contribution in [2.24, 2.45) is 5.92 Å². The number of amides is 1. The SMILES string of the molecule is CC1CC1NC(=O)c1ccnc(F)c1F. The summed E-state index contributed by atoms with van der Waals surface area (Å²) in [5.41, 5.74) is -0.290. The van der Waals surface area contributed by atoms with Gasteiger partial charge in [0.1, 0.15) is 0 Å². The van der Waals surface area contributed by atoms with E-state index in [4.69, 9.17) is 0 Å². The predicted molar refractivity (Wildman–Crippen MR) is 49.2 cm³/mol. The predicted octanol–water partition coefficient (Wildman–Crippen LogP) is 1.50. The molecule has 2 unspecified atom stereocenters. The van der Waals surface area contributed by atoms with Crippen LogP contribution in [0, 0.1) is 17.7 Å². The van der Waals surface area contributed by atoms with E-state index < -0.39 is 17.7 Å². The molecule has 1 N–H and O–H groups in total. The molecule has 1 aromatic rings. The van der Waals surface area contributed by atoms with Crippen LogP contribution in [0.25, 0.3) is 0 Å². The van der Waals surface area contributed by atoms with E-state index in [2.05, 4.69) is 10.3 Å². The Morgan fingerprint density at radius 3 is 2.87 bits per heavy atom. The van der Waals surface area contributed by atoms with E-state index in [0.29, 0.717) is 5.92 Å². The molecule has 15 heavy (non-hydrogen) atoms. The van der Waals surface area contributed by atoms with Gasteiger partial charge < -0.3 is 5.32 Å². The fraction of sp³-hybridized carbons (Fsp3) is 0.400. The first-order chi connectivity index (χ1) is 7.09. The normalized spacial score (nSPS) is 23.7. The topological polar surface area (TPSA) is 42.0 Å². The second kappa shape index (κ2) is 3.56. The van der Waals surface area contributed by atoms with Gasteiger partial charge in [-0.2, -0.15) is 4.39 Å². The average Bonchev–Trinajstić information content (AvgIpc) is 2.86. The molecule has 1 aliphatic rings. The van der Waals surface area contributed by atoms with Gasteiger partial charge in [-0.15, -0.1) is 0 Å². The van der Waals surface area contributed by atoms with Crippen molar-refractivity contribution in [1.29, 1.82) is 0 Å². The third-order valence-electron chi connectivity index (χ3n) is 2.52. The number of halogens is 2. The Bertz CT molecular complexity index is 408. The summed E-state index contributed by atoms with van der Waals surface area (Å²) < 4.78 is 25.8. The maximum atomic E-state index is 13.1. The number of nitrogens with one attached hydrogen (secondary N) is 1. The Labute approximate surface area is 85.5 Å². The van der Waals surface area contributed by atoms with Crippen molar-refractivity contribution in [3.05, 3.63) is 29.6 Å². The number of hydrogen-bond acceptors (Lipinski definition) is 2. The van der Waals surface area contributed by atoms with Crippen LogP contribution in [0.1, 0.15) is 23.7 Å². The van der Waals surface area contributed by atoms with E-state index in [-0.39, 0.29) is 11.6 Å². The number of aromatic nitrogens is 1. The van der Waals surface area contributed by atoms with E-state index >= 15 is 0 Å². The molecule has 0 spiro atoms. The van der Waals surface area contributed by atoms with Crippen LogP contribution in [0.5, 0.6) is 0 Å². The lowest BCUT2D eigenvalue weighted by Gasteiger charge is -2.04. The summed E-state index contributed by atoms with van der Waals surface area (Å²) in [6, 6.07) is 1.26. The zero-order chi connectivity index (χ0) is 11.0. The molecule has 0 saturated heterocycles. The van der Waals surface area contributed by atoms with Crippen LogP contribution in [0.3, 0.4) is 0 Å². The summed E-state index contributed by atoms with van der Waals surface area (Å²) in [4.78, 5) is 14.6. The van der Waals surface area contributed by atoms with Gasteiger partial charge in [-0.3, -0.25) is 4.79 Å². The maximum absolute atomic E-state index is 13.1. The Kier molecular flexibility index (Phi) is 2.38. The zero-order valence-corrected chi connectivity index (χ0v) is 8.13. The summed E-state index contributed by atoms with van der Waals surface area (Å²) >= 11 is 0. The monoisotopic (exact) mass is 212 g/mol. The number of carbonyl (C=O) groups is 1. The Hall–Kier alpha value is -1.52. The molecular weight excluding hydrogens is 202 g/mol. The summed E-state index contributed by atoms with van der Waals surface area (Å²) in [6.07, 6.45) is 1.96. The molecule has 1 saturated carbocycles. The van der Waals surface area contributed by atoms with Crippen molar-refractivity contribution in [2.45, 2.75) is 19.4 Å². The number of nitrogens with zero attached hydrogens (tertiary/aromatic N) is 1. The lowest BCUT2D eigenvalue weighted by molar-refractivity contribution is 0.0944. The van der Waals surface area contributed by atoms with Crippen molar-refractivity contribution in [3.63, 3.8) is 0 Å². The molecule has 5 heteroatoms. The molecule has 0 bridgehead atoms. The zero-order valence-electron chi connectivity index (χ0n) is 8.13. The molecule has 0 aromatic carbocycles. The highest BCUT2D eigenvalue weighted by Crippen LogP contribution is 2.29. The van der Waals surface area contributed by atoms with Crippen LogP contribution in [0.15, 0.2) is 12.3 Å². The minimum absolute atomic E-state index is 0.0909. The van der Waals surface area contributed by atoms with E-state index in [1.807, 2.05) is 6.92 Å². The van der Waals surface area contributed by atoms with Crippen molar-refractivity contribution < 1.29 is 13.6 Å². The molecule has 2 atom stereocenters.